The summed E-state index contributed by atoms with van der Waals surface area (Å²) >= 11 is 0. The lowest BCUT2D eigenvalue weighted by Crippen LogP contribution is -2.07. The van der Waals surface area contributed by atoms with Crippen LogP contribution in [0.2, 0.25) is 0 Å². The second kappa shape index (κ2) is 7.20. The van der Waals surface area contributed by atoms with E-state index >= 15 is 0 Å². The Morgan fingerprint density at radius 1 is 1.19 bits per heavy atom. The highest BCUT2D eigenvalue weighted by molar-refractivity contribution is 5.89. The fourth-order valence-corrected chi connectivity index (χ4v) is 2.39. The zero-order valence-corrected chi connectivity index (χ0v) is 14.4. The molecule has 0 bridgehead atoms. The molecule has 3 aromatic heterocycles. The smallest absolute Gasteiger partial charge is 0.340 e. The summed E-state index contributed by atoms with van der Waals surface area (Å²) < 4.78 is 12.0. The van der Waals surface area contributed by atoms with E-state index in [1.54, 1.807) is 35.3 Å². The van der Waals surface area contributed by atoms with Crippen molar-refractivity contribution in [3.63, 3.8) is 0 Å². The van der Waals surface area contributed by atoms with Crippen LogP contribution in [0.4, 0.5) is 0 Å². The highest BCUT2D eigenvalue weighted by Crippen LogP contribution is 2.17. The average Bonchev–Trinajstić information content (AvgIpc) is 3.39. The first-order valence-electron chi connectivity index (χ1n) is 8.22. The molecule has 134 valence electrons. The number of esters is 1. The fourth-order valence-electron chi connectivity index (χ4n) is 2.39. The summed E-state index contributed by atoms with van der Waals surface area (Å²) in [6.07, 6.45) is 4.85. The van der Waals surface area contributed by atoms with E-state index in [1.165, 1.54) is 6.20 Å². The Morgan fingerprint density at radius 3 is 2.74 bits per heavy atom. The van der Waals surface area contributed by atoms with E-state index in [-0.39, 0.29) is 12.5 Å². The molecule has 3 heterocycles. The molecule has 0 spiro atoms. The summed E-state index contributed by atoms with van der Waals surface area (Å²) in [7, 11) is 0. The molecule has 0 unspecified atom stereocenters. The molecular formula is C19H15N5O3. The quantitative estimate of drug-likeness (QED) is 0.504. The predicted octanol–water partition coefficient (Wildman–Crippen LogP) is 2.98. The Balaban J connectivity index is 1.38. The largest absolute Gasteiger partial charge is 0.452 e. The Labute approximate surface area is 154 Å². The van der Waals surface area contributed by atoms with Crippen LogP contribution in [0.15, 0.2) is 65.6 Å². The number of pyridine rings is 1. The second-order valence-corrected chi connectivity index (χ2v) is 5.81. The first-order chi connectivity index (χ1) is 13.2. The molecule has 0 fully saturated rings. The molecule has 0 aliphatic carbocycles. The van der Waals surface area contributed by atoms with Gasteiger partial charge in [-0.2, -0.15) is 10.1 Å². The zero-order valence-electron chi connectivity index (χ0n) is 14.4. The molecule has 8 nitrogen and oxygen atoms in total. The van der Waals surface area contributed by atoms with Crippen LogP contribution in [0.5, 0.6) is 0 Å². The molecule has 0 saturated carbocycles. The lowest BCUT2D eigenvalue weighted by molar-refractivity contribution is 0.0429. The van der Waals surface area contributed by atoms with Crippen LogP contribution in [0.1, 0.15) is 21.8 Å². The highest BCUT2D eigenvalue weighted by Gasteiger charge is 2.13. The number of hydrogen-bond donors (Lipinski definition) is 0. The van der Waals surface area contributed by atoms with Crippen molar-refractivity contribution in [1.29, 1.82) is 0 Å². The van der Waals surface area contributed by atoms with Gasteiger partial charge in [-0.25, -0.2) is 14.5 Å². The minimum Gasteiger partial charge on any atom is -0.452 e. The number of rotatable bonds is 5. The minimum absolute atomic E-state index is 0.112. The maximum absolute atomic E-state index is 12.2. The minimum atomic E-state index is -0.524. The summed E-state index contributed by atoms with van der Waals surface area (Å²) in [5, 5.41) is 7.99. The van der Waals surface area contributed by atoms with Crippen LogP contribution in [-0.2, 0) is 11.3 Å². The van der Waals surface area contributed by atoms with Gasteiger partial charge in [-0.05, 0) is 25.1 Å². The van der Waals surface area contributed by atoms with E-state index < -0.39 is 5.97 Å². The normalized spacial score (nSPS) is 10.7. The van der Waals surface area contributed by atoms with Crippen LogP contribution < -0.4 is 0 Å². The molecule has 1 aromatic carbocycles. The lowest BCUT2D eigenvalue weighted by atomic mass is 10.1. The number of nitrogens with zero attached hydrogens (tertiary/aromatic N) is 5. The molecule has 0 aliphatic rings. The molecule has 0 saturated heterocycles. The molecular weight excluding hydrogens is 346 g/mol. The SMILES string of the molecule is Cc1ccc(-c2noc(COC(=O)c3ccc(-n4cccn4)nc3)n2)cc1. The number of carbonyl (C=O) groups is 1. The Bertz CT molecular complexity index is 1040. The number of aryl methyl sites for hydroxylation is 1. The fraction of sp³-hybridized carbons (Fsp3) is 0.105. The van der Waals surface area contributed by atoms with Crippen LogP contribution >= 0.6 is 0 Å². The molecule has 4 rings (SSSR count). The van der Waals surface area contributed by atoms with E-state index in [2.05, 4.69) is 20.2 Å². The summed E-state index contributed by atoms with van der Waals surface area (Å²) in [5.74, 6) is 0.757. The van der Waals surface area contributed by atoms with Gasteiger partial charge in [-0.1, -0.05) is 35.0 Å². The van der Waals surface area contributed by atoms with Crippen molar-refractivity contribution in [1.82, 2.24) is 24.9 Å². The van der Waals surface area contributed by atoms with Crippen LogP contribution in [0, 0.1) is 6.92 Å². The van der Waals surface area contributed by atoms with Crippen LogP contribution in [0.3, 0.4) is 0 Å². The van der Waals surface area contributed by atoms with Gasteiger partial charge in [-0.3, -0.25) is 0 Å². The van der Waals surface area contributed by atoms with Gasteiger partial charge in [0.15, 0.2) is 12.4 Å². The summed E-state index contributed by atoms with van der Waals surface area (Å²) in [4.78, 5) is 20.6. The number of aromatic nitrogens is 5. The number of ether oxygens (including phenoxy) is 1. The van der Waals surface area contributed by atoms with Gasteiger partial charge in [0.05, 0.1) is 5.56 Å². The van der Waals surface area contributed by atoms with Crippen molar-refractivity contribution in [2.75, 3.05) is 0 Å². The van der Waals surface area contributed by atoms with E-state index in [9.17, 15) is 4.79 Å². The first-order valence-corrected chi connectivity index (χ1v) is 8.22. The van der Waals surface area contributed by atoms with E-state index in [1.807, 2.05) is 31.2 Å². The van der Waals surface area contributed by atoms with Crippen molar-refractivity contribution in [2.45, 2.75) is 13.5 Å². The Hall–Kier alpha value is -3.81. The molecule has 0 radical (unpaired) electrons. The van der Waals surface area contributed by atoms with E-state index in [4.69, 9.17) is 9.26 Å². The Kier molecular flexibility index (Phi) is 4.44. The predicted molar refractivity (Wildman–Crippen MR) is 94.9 cm³/mol. The Morgan fingerprint density at radius 2 is 2.04 bits per heavy atom. The highest BCUT2D eigenvalue weighted by atomic mass is 16.6. The number of carbonyl (C=O) groups excluding carboxylic acids is 1. The van der Waals surface area contributed by atoms with Crippen molar-refractivity contribution in [3.8, 4) is 17.2 Å². The monoisotopic (exact) mass is 361 g/mol. The third-order valence-electron chi connectivity index (χ3n) is 3.83. The van der Waals surface area contributed by atoms with Crippen molar-refractivity contribution in [3.05, 3.63) is 78.1 Å². The van der Waals surface area contributed by atoms with Gasteiger partial charge in [0.25, 0.3) is 5.89 Å². The number of benzene rings is 1. The second-order valence-electron chi connectivity index (χ2n) is 5.81. The van der Waals surface area contributed by atoms with Gasteiger partial charge >= 0.3 is 5.97 Å². The molecule has 0 aliphatic heterocycles. The summed E-state index contributed by atoms with van der Waals surface area (Å²) in [6.45, 7) is 1.89. The van der Waals surface area contributed by atoms with Crippen LogP contribution in [-0.4, -0.2) is 30.9 Å². The third-order valence-corrected chi connectivity index (χ3v) is 3.83. The number of hydrogen-bond acceptors (Lipinski definition) is 7. The van der Waals surface area contributed by atoms with Gasteiger partial charge in [0.2, 0.25) is 5.82 Å². The maximum Gasteiger partial charge on any atom is 0.340 e. The van der Waals surface area contributed by atoms with E-state index in [0.29, 0.717) is 17.2 Å². The van der Waals surface area contributed by atoms with E-state index in [0.717, 1.165) is 11.1 Å². The summed E-state index contributed by atoms with van der Waals surface area (Å²) in [6, 6.07) is 12.8. The molecule has 27 heavy (non-hydrogen) atoms. The standard InChI is InChI=1S/C19H15N5O3/c1-13-3-5-14(6-4-13)18-22-17(27-23-18)12-26-19(25)15-7-8-16(20-11-15)24-10-2-9-21-24/h2-11H,12H2,1H3. The molecule has 0 N–H and O–H groups in total. The lowest BCUT2D eigenvalue weighted by Gasteiger charge is -2.03. The van der Waals surface area contributed by atoms with Gasteiger partial charge in [0.1, 0.15) is 0 Å². The van der Waals surface area contributed by atoms with Gasteiger partial charge in [0, 0.05) is 24.2 Å². The van der Waals surface area contributed by atoms with Crippen LogP contribution in [0.25, 0.3) is 17.2 Å². The summed E-state index contributed by atoms with van der Waals surface area (Å²) in [5.41, 5.74) is 2.30. The molecule has 8 heteroatoms. The molecule has 0 atom stereocenters. The van der Waals surface area contributed by atoms with Crippen molar-refractivity contribution >= 4 is 5.97 Å². The maximum atomic E-state index is 12.2. The van der Waals surface area contributed by atoms with Crippen molar-refractivity contribution < 1.29 is 14.1 Å². The average molecular weight is 361 g/mol. The first kappa shape index (κ1) is 16.6. The third kappa shape index (κ3) is 3.74. The molecule has 4 aromatic rings. The van der Waals surface area contributed by atoms with Crippen molar-refractivity contribution in [2.24, 2.45) is 0 Å². The topological polar surface area (TPSA) is 95.9 Å². The van der Waals surface area contributed by atoms with Gasteiger partial charge in [-0.15, -0.1) is 0 Å². The van der Waals surface area contributed by atoms with Gasteiger partial charge < -0.3 is 9.26 Å². The molecule has 0 amide bonds. The zero-order chi connectivity index (χ0) is 18.6.